The predicted molar refractivity (Wildman–Crippen MR) is 225 cm³/mol. The zero-order chi connectivity index (χ0) is 41.2. The van der Waals surface area contributed by atoms with E-state index in [9.17, 15) is 28.0 Å². The Bertz CT molecular complexity index is 2210. The average Bonchev–Trinajstić information content (AvgIpc) is 3.28. The molecule has 302 valence electrons. The first-order valence-electron chi connectivity index (χ1n) is 20.0. The zero-order valence-electron chi connectivity index (χ0n) is 32.8. The molecule has 5 aromatic rings. The van der Waals surface area contributed by atoms with Crippen LogP contribution in [0.1, 0.15) is 33.4 Å². The molecule has 0 N–H and O–H groups in total. The largest absolute Gasteiger partial charge is 0.416 e. The highest BCUT2D eigenvalue weighted by molar-refractivity contribution is 5.96. The summed E-state index contributed by atoms with van der Waals surface area (Å²) in [7, 11) is 0. The van der Waals surface area contributed by atoms with E-state index in [1.807, 2.05) is 53.4 Å². The number of hydrogen-bond donors (Lipinski definition) is 0. The number of nitriles is 1. The number of alkyl halides is 3. The molecule has 2 aliphatic rings. The van der Waals surface area contributed by atoms with Gasteiger partial charge in [0.05, 0.1) is 17.2 Å². The van der Waals surface area contributed by atoms with Gasteiger partial charge in [0.25, 0.3) is 0 Å². The molecule has 2 saturated heterocycles. The van der Waals surface area contributed by atoms with Crippen LogP contribution in [0.25, 0.3) is 6.08 Å². The van der Waals surface area contributed by atoms with Crippen molar-refractivity contribution >= 4 is 29.3 Å². The van der Waals surface area contributed by atoms with Crippen molar-refractivity contribution in [3.8, 4) is 6.07 Å². The van der Waals surface area contributed by atoms with Crippen LogP contribution in [-0.2, 0) is 35.3 Å². The SMILES string of the molecule is N#Cc1ccc(C[C@@H](C(=O)N2CCN(Cc3ccccc3)CC2)N(Cc2ccc(N3CCN(c4ccccc4)CC3)cc2)C(=O)/C=C/c2ccc(C(F)(F)F)cc2)cc1. The Labute approximate surface area is 344 Å². The molecule has 0 saturated carbocycles. The number of para-hydroxylation sites is 1. The summed E-state index contributed by atoms with van der Waals surface area (Å²) >= 11 is 0. The quantitative estimate of drug-likeness (QED) is 0.120. The summed E-state index contributed by atoms with van der Waals surface area (Å²) in [6, 6.07) is 41.5. The standard InChI is InChI=1S/C48H47F3N6O2/c49-48(50,51)42-20-15-37(16-21-42)19-24-46(58)57(36-41-17-22-44(23-18-41)55-31-29-54(30-32-55)43-9-5-2-6-10-43)45(33-38-11-13-39(34-52)14-12-38)47(59)56-27-25-53(26-28-56)35-40-7-3-1-4-8-40/h1-24,45H,25-33,35-36H2/b24-19+/t45-/m0/s1. The Morgan fingerprint density at radius 3 is 1.80 bits per heavy atom. The summed E-state index contributed by atoms with van der Waals surface area (Å²) in [4.78, 5) is 39.6. The third-order valence-electron chi connectivity index (χ3n) is 11.1. The molecule has 7 rings (SSSR count). The van der Waals surface area contributed by atoms with Crippen molar-refractivity contribution in [3.63, 3.8) is 0 Å². The molecule has 0 aliphatic carbocycles. The van der Waals surface area contributed by atoms with Crippen LogP contribution in [0.5, 0.6) is 0 Å². The highest BCUT2D eigenvalue weighted by Gasteiger charge is 2.34. The molecule has 2 heterocycles. The summed E-state index contributed by atoms with van der Waals surface area (Å²) in [6.07, 6.45) is -1.45. The van der Waals surface area contributed by atoms with E-state index >= 15 is 0 Å². The lowest BCUT2D eigenvalue weighted by Crippen LogP contribution is -2.56. The minimum absolute atomic E-state index is 0.124. The van der Waals surface area contributed by atoms with Crippen LogP contribution in [0.4, 0.5) is 24.5 Å². The lowest BCUT2D eigenvalue weighted by Gasteiger charge is -2.39. The molecule has 0 radical (unpaired) electrons. The molecule has 0 aromatic heterocycles. The second-order valence-corrected chi connectivity index (χ2v) is 15.0. The van der Waals surface area contributed by atoms with Crippen LogP contribution in [0, 0.1) is 11.3 Å². The second-order valence-electron chi connectivity index (χ2n) is 15.0. The minimum atomic E-state index is -4.48. The first kappa shape index (κ1) is 40.8. The van der Waals surface area contributed by atoms with Gasteiger partial charge >= 0.3 is 6.18 Å². The number of rotatable bonds is 12. The van der Waals surface area contributed by atoms with Crippen molar-refractivity contribution in [1.82, 2.24) is 14.7 Å². The molecule has 2 fully saturated rings. The lowest BCUT2D eigenvalue weighted by molar-refractivity contribution is -0.145. The maximum Gasteiger partial charge on any atom is 0.416 e. The van der Waals surface area contributed by atoms with Gasteiger partial charge in [0.1, 0.15) is 6.04 Å². The molecule has 0 spiro atoms. The van der Waals surface area contributed by atoms with E-state index in [0.29, 0.717) is 37.3 Å². The van der Waals surface area contributed by atoms with Crippen LogP contribution in [-0.4, -0.2) is 84.9 Å². The number of piperazine rings is 2. The number of benzene rings is 5. The van der Waals surface area contributed by atoms with Crippen LogP contribution < -0.4 is 9.80 Å². The molecule has 2 amide bonds. The molecule has 11 heteroatoms. The Hall–Kier alpha value is -6.38. The summed E-state index contributed by atoms with van der Waals surface area (Å²) in [5.41, 5.74) is 5.23. The van der Waals surface area contributed by atoms with Crippen molar-refractivity contribution in [2.24, 2.45) is 0 Å². The lowest BCUT2D eigenvalue weighted by atomic mass is 10.00. The Kier molecular flexibility index (Phi) is 13.1. The minimum Gasteiger partial charge on any atom is -0.368 e. The summed E-state index contributed by atoms with van der Waals surface area (Å²) < 4.78 is 39.8. The van der Waals surface area contributed by atoms with Gasteiger partial charge in [-0.05, 0) is 76.9 Å². The molecule has 0 bridgehead atoms. The first-order valence-corrected chi connectivity index (χ1v) is 20.0. The van der Waals surface area contributed by atoms with E-state index in [0.717, 1.165) is 61.7 Å². The first-order chi connectivity index (χ1) is 28.6. The van der Waals surface area contributed by atoms with Crippen LogP contribution in [0.3, 0.4) is 0 Å². The maximum absolute atomic E-state index is 14.7. The molecule has 1 atom stereocenters. The number of carbonyl (C=O) groups excluding carboxylic acids is 2. The Morgan fingerprint density at radius 1 is 0.661 bits per heavy atom. The van der Waals surface area contributed by atoms with E-state index < -0.39 is 23.7 Å². The molecule has 8 nitrogen and oxygen atoms in total. The Morgan fingerprint density at radius 2 is 1.22 bits per heavy atom. The molecular weight excluding hydrogens is 750 g/mol. The molecule has 0 unspecified atom stereocenters. The van der Waals surface area contributed by atoms with Gasteiger partial charge in [0, 0.05) is 89.3 Å². The average molecular weight is 797 g/mol. The third-order valence-corrected chi connectivity index (χ3v) is 11.1. The fraction of sp³-hybridized carbons (Fsp3) is 0.271. The van der Waals surface area contributed by atoms with E-state index in [1.54, 1.807) is 17.0 Å². The summed E-state index contributed by atoms with van der Waals surface area (Å²) in [5.74, 6) is -0.626. The van der Waals surface area contributed by atoms with Crippen molar-refractivity contribution in [2.75, 3.05) is 62.2 Å². The van der Waals surface area contributed by atoms with Gasteiger partial charge in [-0.25, -0.2) is 0 Å². The third kappa shape index (κ3) is 10.8. The normalized spacial score (nSPS) is 15.5. The number of anilines is 2. The van der Waals surface area contributed by atoms with E-state index in [-0.39, 0.29) is 18.9 Å². The monoisotopic (exact) mass is 796 g/mol. The maximum atomic E-state index is 14.7. The number of nitrogens with zero attached hydrogens (tertiary/aromatic N) is 6. The smallest absolute Gasteiger partial charge is 0.368 e. The Balaban J connectivity index is 1.14. The van der Waals surface area contributed by atoms with E-state index in [1.165, 1.54) is 35.5 Å². The molecule has 59 heavy (non-hydrogen) atoms. The summed E-state index contributed by atoms with van der Waals surface area (Å²) in [6.45, 7) is 6.71. The number of hydrogen-bond acceptors (Lipinski definition) is 6. The van der Waals surface area contributed by atoms with Crippen molar-refractivity contribution in [2.45, 2.75) is 31.7 Å². The van der Waals surface area contributed by atoms with Crippen LogP contribution >= 0.6 is 0 Å². The highest BCUT2D eigenvalue weighted by atomic mass is 19.4. The van der Waals surface area contributed by atoms with Gasteiger partial charge in [-0.15, -0.1) is 0 Å². The number of amides is 2. The fourth-order valence-corrected chi connectivity index (χ4v) is 7.71. The summed E-state index contributed by atoms with van der Waals surface area (Å²) in [5, 5.41) is 9.44. The molecule has 5 aromatic carbocycles. The van der Waals surface area contributed by atoms with E-state index in [2.05, 4.69) is 69.3 Å². The second kappa shape index (κ2) is 18.9. The van der Waals surface area contributed by atoms with Crippen molar-refractivity contribution in [3.05, 3.63) is 173 Å². The fourth-order valence-electron chi connectivity index (χ4n) is 7.71. The van der Waals surface area contributed by atoms with Gasteiger partial charge in [0.15, 0.2) is 0 Å². The van der Waals surface area contributed by atoms with Crippen molar-refractivity contribution < 1.29 is 22.8 Å². The van der Waals surface area contributed by atoms with Gasteiger partial charge in [-0.1, -0.05) is 84.9 Å². The van der Waals surface area contributed by atoms with Gasteiger partial charge in [0.2, 0.25) is 11.8 Å². The topological polar surface area (TPSA) is 74.1 Å². The number of halogens is 3. The van der Waals surface area contributed by atoms with Gasteiger partial charge in [-0.3, -0.25) is 14.5 Å². The van der Waals surface area contributed by atoms with E-state index in [4.69, 9.17) is 0 Å². The molecular formula is C48H47F3N6O2. The zero-order valence-corrected chi connectivity index (χ0v) is 32.8. The van der Waals surface area contributed by atoms with Crippen LogP contribution in [0.2, 0.25) is 0 Å². The van der Waals surface area contributed by atoms with Gasteiger partial charge < -0.3 is 19.6 Å². The highest BCUT2D eigenvalue weighted by Crippen LogP contribution is 2.29. The van der Waals surface area contributed by atoms with Crippen molar-refractivity contribution in [1.29, 1.82) is 5.26 Å². The van der Waals surface area contributed by atoms with Crippen LogP contribution in [0.15, 0.2) is 140 Å². The predicted octanol–water partition coefficient (Wildman–Crippen LogP) is 7.90. The number of carbonyl (C=O) groups is 2. The molecule has 2 aliphatic heterocycles. The van der Waals surface area contributed by atoms with Gasteiger partial charge in [-0.2, -0.15) is 18.4 Å².